The minimum absolute atomic E-state index is 0.238. The highest BCUT2D eigenvalue weighted by molar-refractivity contribution is 5.88. The van der Waals surface area contributed by atoms with E-state index in [2.05, 4.69) is 24.9 Å². The second-order valence-electron chi connectivity index (χ2n) is 5.92. The van der Waals surface area contributed by atoms with Crippen molar-refractivity contribution in [3.05, 3.63) is 17.6 Å². The zero-order valence-corrected chi connectivity index (χ0v) is 13.2. The molecule has 0 aliphatic carbocycles. The number of piperazine rings is 1. The van der Waals surface area contributed by atoms with Gasteiger partial charge in [-0.2, -0.15) is 0 Å². The van der Waals surface area contributed by atoms with Crippen molar-refractivity contribution in [2.45, 2.75) is 33.2 Å². The van der Waals surface area contributed by atoms with Crippen LogP contribution in [-0.4, -0.2) is 57.6 Å². The highest BCUT2D eigenvalue weighted by atomic mass is 16.4. The van der Waals surface area contributed by atoms with Gasteiger partial charge in [0.2, 0.25) is 0 Å². The lowest BCUT2D eigenvalue weighted by molar-refractivity contribution is 0.161. The van der Waals surface area contributed by atoms with Crippen LogP contribution in [0, 0.1) is 13.8 Å². The van der Waals surface area contributed by atoms with Crippen molar-refractivity contribution >= 4 is 11.7 Å². The number of aromatic nitrogens is 2. The standard InChI is InChI=1S/C14H24N6O/c1-10-11(2)17-12(9-16-10)19-5-7-20(8-6-19)14(3,4)13(15)18-21/h9,21H,5-8H2,1-4H3,(H2,15,18). The Kier molecular flexibility index (Phi) is 4.32. The van der Waals surface area contributed by atoms with Gasteiger partial charge >= 0.3 is 0 Å². The van der Waals surface area contributed by atoms with E-state index in [1.807, 2.05) is 33.9 Å². The fourth-order valence-corrected chi connectivity index (χ4v) is 2.46. The summed E-state index contributed by atoms with van der Waals surface area (Å²) < 4.78 is 0. The van der Waals surface area contributed by atoms with E-state index in [0.717, 1.165) is 43.4 Å². The SMILES string of the molecule is Cc1ncc(N2CCN(C(C)(C)C(N)=NO)CC2)nc1C. The number of rotatable bonds is 3. The van der Waals surface area contributed by atoms with Gasteiger partial charge in [0.1, 0.15) is 5.82 Å². The number of amidine groups is 1. The molecule has 116 valence electrons. The van der Waals surface area contributed by atoms with Gasteiger partial charge in [-0.3, -0.25) is 9.88 Å². The summed E-state index contributed by atoms with van der Waals surface area (Å²) in [4.78, 5) is 13.4. The van der Waals surface area contributed by atoms with Crippen molar-refractivity contribution < 1.29 is 5.21 Å². The summed E-state index contributed by atoms with van der Waals surface area (Å²) in [5.41, 5.74) is 7.27. The van der Waals surface area contributed by atoms with Gasteiger partial charge in [-0.15, -0.1) is 0 Å². The molecule has 7 heteroatoms. The van der Waals surface area contributed by atoms with Crippen LogP contribution < -0.4 is 10.6 Å². The summed E-state index contributed by atoms with van der Waals surface area (Å²) >= 11 is 0. The number of nitrogens with two attached hydrogens (primary N) is 1. The molecule has 3 N–H and O–H groups in total. The lowest BCUT2D eigenvalue weighted by Gasteiger charge is -2.43. The largest absolute Gasteiger partial charge is 0.409 e. The third-order valence-corrected chi connectivity index (χ3v) is 4.31. The van der Waals surface area contributed by atoms with Gasteiger partial charge < -0.3 is 15.8 Å². The molecule has 0 bridgehead atoms. The number of anilines is 1. The zero-order valence-electron chi connectivity index (χ0n) is 13.2. The summed E-state index contributed by atoms with van der Waals surface area (Å²) in [6, 6.07) is 0. The van der Waals surface area contributed by atoms with Gasteiger partial charge in [0, 0.05) is 26.2 Å². The molecule has 0 unspecified atom stereocenters. The second kappa shape index (κ2) is 5.85. The Morgan fingerprint density at radius 1 is 1.24 bits per heavy atom. The van der Waals surface area contributed by atoms with Crippen molar-refractivity contribution in [2.24, 2.45) is 10.9 Å². The van der Waals surface area contributed by atoms with Gasteiger partial charge in [0.25, 0.3) is 0 Å². The van der Waals surface area contributed by atoms with Gasteiger partial charge in [0.05, 0.1) is 23.1 Å². The van der Waals surface area contributed by atoms with Crippen LogP contribution in [-0.2, 0) is 0 Å². The lowest BCUT2D eigenvalue weighted by atomic mass is 10.0. The van der Waals surface area contributed by atoms with Crippen molar-refractivity contribution in [1.29, 1.82) is 0 Å². The quantitative estimate of drug-likeness (QED) is 0.369. The number of hydrogen-bond acceptors (Lipinski definition) is 6. The minimum Gasteiger partial charge on any atom is -0.409 e. The van der Waals surface area contributed by atoms with Gasteiger partial charge in [-0.05, 0) is 27.7 Å². The number of hydrogen-bond donors (Lipinski definition) is 2. The van der Waals surface area contributed by atoms with Gasteiger partial charge in [-0.25, -0.2) is 4.98 Å². The molecule has 2 heterocycles. The highest BCUT2D eigenvalue weighted by Gasteiger charge is 2.34. The molecule has 1 aliphatic heterocycles. The van der Waals surface area contributed by atoms with E-state index in [9.17, 15) is 0 Å². The molecule has 21 heavy (non-hydrogen) atoms. The Hall–Kier alpha value is -1.89. The first-order chi connectivity index (χ1) is 9.86. The molecule has 2 rings (SSSR count). The van der Waals surface area contributed by atoms with E-state index in [1.165, 1.54) is 0 Å². The zero-order chi connectivity index (χ0) is 15.6. The Balaban J connectivity index is 2.05. The van der Waals surface area contributed by atoms with Crippen LogP contribution in [0.15, 0.2) is 11.4 Å². The molecule has 1 aliphatic rings. The molecule has 7 nitrogen and oxygen atoms in total. The summed E-state index contributed by atoms with van der Waals surface area (Å²) in [6.07, 6.45) is 1.83. The third kappa shape index (κ3) is 3.07. The first-order valence-electron chi connectivity index (χ1n) is 7.14. The Morgan fingerprint density at radius 2 is 1.86 bits per heavy atom. The predicted octanol–water partition coefficient (Wildman–Crippen LogP) is 0.740. The van der Waals surface area contributed by atoms with E-state index >= 15 is 0 Å². The predicted molar refractivity (Wildman–Crippen MR) is 82.8 cm³/mol. The maximum Gasteiger partial charge on any atom is 0.159 e. The third-order valence-electron chi connectivity index (χ3n) is 4.31. The average Bonchev–Trinajstić information content (AvgIpc) is 2.49. The molecule has 1 aromatic rings. The summed E-state index contributed by atoms with van der Waals surface area (Å²) in [7, 11) is 0. The molecule has 0 atom stereocenters. The van der Waals surface area contributed by atoms with E-state index < -0.39 is 5.54 Å². The second-order valence-corrected chi connectivity index (χ2v) is 5.92. The molecule has 0 radical (unpaired) electrons. The molecule has 1 aromatic heterocycles. The number of oxime groups is 1. The van der Waals surface area contributed by atoms with E-state index in [0.29, 0.717) is 0 Å². The first-order valence-corrected chi connectivity index (χ1v) is 7.14. The number of aryl methyl sites for hydroxylation is 2. The molecule has 1 saturated heterocycles. The van der Waals surface area contributed by atoms with Crippen LogP contribution in [0.25, 0.3) is 0 Å². The average molecular weight is 292 g/mol. The van der Waals surface area contributed by atoms with Crippen molar-refractivity contribution in [3.8, 4) is 0 Å². The molecular weight excluding hydrogens is 268 g/mol. The van der Waals surface area contributed by atoms with E-state index in [1.54, 1.807) is 0 Å². The molecule has 0 saturated carbocycles. The van der Waals surface area contributed by atoms with Gasteiger partial charge in [-0.1, -0.05) is 5.16 Å². The Labute approximate surface area is 125 Å². The molecule has 0 aromatic carbocycles. The maximum atomic E-state index is 8.90. The van der Waals surface area contributed by atoms with Crippen molar-refractivity contribution in [2.75, 3.05) is 31.1 Å². The van der Waals surface area contributed by atoms with Crippen LogP contribution >= 0.6 is 0 Å². The summed E-state index contributed by atoms with van der Waals surface area (Å²) in [6.45, 7) is 11.2. The van der Waals surface area contributed by atoms with Crippen molar-refractivity contribution in [3.63, 3.8) is 0 Å². The fraction of sp³-hybridized carbons (Fsp3) is 0.643. The normalized spacial score (nSPS) is 18.1. The monoisotopic (exact) mass is 292 g/mol. The van der Waals surface area contributed by atoms with Crippen LogP contribution in [0.5, 0.6) is 0 Å². The smallest absolute Gasteiger partial charge is 0.159 e. The van der Waals surface area contributed by atoms with Crippen LogP contribution in [0.2, 0.25) is 0 Å². The Morgan fingerprint density at radius 3 is 2.38 bits per heavy atom. The molecule has 1 fully saturated rings. The van der Waals surface area contributed by atoms with E-state index in [-0.39, 0.29) is 5.84 Å². The topological polar surface area (TPSA) is 90.9 Å². The molecule has 0 amide bonds. The fourth-order valence-electron chi connectivity index (χ4n) is 2.46. The lowest BCUT2D eigenvalue weighted by Crippen LogP contribution is -2.60. The first kappa shape index (κ1) is 15.5. The minimum atomic E-state index is -0.449. The summed E-state index contributed by atoms with van der Waals surface area (Å²) in [5.74, 6) is 1.15. The maximum absolute atomic E-state index is 8.90. The number of nitrogens with zero attached hydrogens (tertiary/aromatic N) is 5. The van der Waals surface area contributed by atoms with Crippen molar-refractivity contribution in [1.82, 2.24) is 14.9 Å². The van der Waals surface area contributed by atoms with Crippen LogP contribution in [0.3, 0.4) is 0 Å². The van der Waals surface area contributed by atoms with Crippen LogP contribution in [0.1, 0.15) is 25.2 Å². The van der Waals surface area contributed by atoms with Crippen LogP contribution in [0.4, 0.5) is 5.82 Å². The van der Waals surface area contributed by atoms with E-state index in [4.69, 9.17) is 10.9 Å². The molecular formula is C14H24N6O. The Bertz CT molecular complexity index is 534. The highest BCUT2D eigenvalue weighted by Crippen LogP contribution is 2.20. The van der Waals surface area contributed by atoms with Gasteiger partial charge in [0.15, 0.2) is 5.84 Å². The molecule has 0 spiro atoms. The summed E-state index contributed by atoms with van der Waals surface area (Å²) in [5, 5.41) is 12.0.